The van der Waals surface area contributed by atoms with Gasteiger partial charge in [0.2, 0.25) is 0 Å². The first kappa shape index (κ1) is 18.0. The van der Waals surface area contributed by atoms with Crippen LogP contribution in [0.15, 0.2) is 46.9 Å². The van der Waals surface area contributed by atoms with Gasteiger partial charge in [0, 0.05) is 28.4 Å². The van der Waals surface area contributed by atoms with Crippen LogP contribution in [-0.2, 0) is 11.5 Å². The van der Waals surface area contributed by atoms with Crippen LogP contribution in [0.25, 0.3) is 0 Å². The van der Waals surface area contributed by atoms with Gasteiger partial charge in [-0.3, -0.25) is 0 Å². The molecule has 0 spiro atoms. The summed E-state index contributed by atoms with van der Waals surface area (Å²) < 4.78 is 28.1. The topological polar surface area (TPSA) is 41.1 Å². The van der Waals surface area contributed by atoms with E-state index in [0.717, 1.165) is 29.8 Å². The molecule has 6 heteroatoms. The number of halogens is 3. The monoisotopic (exact) mass is 430 g/mol. The Balaban J connectivity index is 1.90. The van der Waals surface area contributed by atoms with Crippen LogP contribution in [0.1, 0.15) is 36.5 Å². The van der Waals surface area contributed by atoms with Crippen molar-refractivity contribution in [1.29, 1.82) is 0 Å². The molecule has 1 fully saturated rings. The number of amides is 2. The highest BCUT2D eigenvalue weighted by Crippen LogP contribution is 2.40. The van der Waals surface area contributed by atoms with Crippen LogP contribution in [-0.4, -0.2) is 6.03 Å². The summed E-state index contributed by atoms with van der Waals surface area (Å²) in [6.07, 6.45) is 2.09. The molecule has 4 rings (SSSR count). The van der Waals surface area contributed by atoms with Crippen molar-refractivity contribution >= 4 is 27.6 Å². The molecule has 0 saturated heterocycles. The van der Waals surface area contributed by atoms with Gasteiger partial charge in [-0.2, -0.15) is 0 Å². The summed E-state index contributed by atoms with van der Waals surface area (Å²) in [4.78, 5) is 12.4. The molecule has 2 amide bonds. The quantitative estimate of drug-likeness (QED) is 0.619. The molecule has 27 heavy (non-hydrogen) atoms. The number of urea groups is 1. The maximum absolute atomic E-state index is 13.6. The molecule has 3 nitrogen and oxygen atoms in total. The fraction of sp³-hybridized carbons (Fsp3) is 0.286. The van der Waals surface area contributed by atoms with Crippen molar-refractivity contribution in [3.63, 3.8) is 0 Å². The molecule has 2 aromatic rings. The Labute approximate surface area is 164 Å². The van der Waals surface area contributed by atoms with E-state index in [1.165, 1.54) is 12.1 Å². The Morgan fingerprint density at radius 1 is 1.19 bits per heavy atom. The summed E-state index contributed by atoms with van der Waals surface area (Å²) in [5.41, 5.74) is 0.926. The average Bonchev–Trinajstić information content (AvgIpc) is 3.43. The molecule has 2 aromatic carbocycles. The van der Waals surface area contributed by atoms with E-state index in [1.54, 1.807) is 12.1 Å². The molecule has 1 aliphatic heterocycles. The Bertz CT molecular complexity index is 968. The number of fused-ring (bicyclic) bond motifs is 1. The largest absolute Gasteiger partial charge is 0.320 e. The fourth-order valence-electron chi connectivity index (χ4n) is 3.19. The van der Waals surface area contributed by atoms with Crippen LogP contribution in [0.3, 0.4) is 0 Å². The smallest absolute Gasteiger partial charge is 0.313 e. The highest BCUT2D eigenvalue weighted by molar-refractivity contribution is 9.10. The lowest BCUT2D eigenvalue weighted by atomic mass is 9.80. The SMILES string of the molecule is CC(F)(F)c1ccc([C@]2(C#CC3CC3)NC(=O)Nc3cc(Br)ccc32)cc1. The zero-order valence-corrected chi connectivity index (χ0v) is 16.2. The lowest BCUT2D eigenvalue weighted by Crippen LogP contribution is -2.51. The van der Waals surface area contributed by atoms with Gasteiger partial charge in [0.25, 0.3) is 5.92 Å². The van der Waals surface area contributed by atoms with Crippen LogP contribution in [0.2, 0.25) is 0 Å². The first-order valence-electron chi connectivity index (χ1n) is 8.69. The lowest BCUT2D eigenvalue weighted by molar-refractivity contribution is 0.0174. The van der Waals surface area contributed by atoms with Crippen molar-refractivity contribution in [3.8, 4) is 11.8 Å². The van der Waals surface area contributed by atoms with Gasteiger partial charge in [-0.15, -0.1) is 0 Å². The number of nitrogens with one attached hydrogen (secondary N) is 2. The van der Waals surface area contributed by atoms with E-state index in [-0.39, 0.29) is 11.6 Å². The molecule has 138 valence electrons. The van der Waals surface area contributed by atoms with E-state index in [9.17, 15) is 13.6 Å². The van der Waals surface area contributed by atoms with Gasteiger partial charge in [-0.05, 0) is 30.5 Å². The van der Waals surface area contributed by atoms with Crippen molar-refractivity contribution < 1.29 is 13.6 Å². The van der Waals surface area contributed by atoms with Crippen molar-refractivity contribution in [2.24, 2.45) is 5.92 Å². The zero-order valence-electron chi connectivity index (χ0n) is 14.6. The van der Waals surface area contributed by atoms with Crippen LogP contribution in [0.4, 0.5) is 19.3 Å². The minimum Gasteiger partial charge on any atom is -0.313 e. The summed E-state index contributed by atoms with van der Waals surface area (Å²) in [7, 11) is 0. The molecular formula is C21H17BrF2N2O. The van der Waals surface area contributed by atoms with Crippen molar-refractivity contribution in [1.82, 2.24) is 5.32 Å². The van der Waals surface area contributed by atoms with E-state index in [0.29, 0.717) is 17.2 Å². The number of rotatable bonds is 2. The van der Waals surface area contributed by atoms with E-state index < -0.39 is 11.5 Å². The zero-order chi connectivity index (χ0) is 19.2. The predicted octanol–water partition coefficient (Wildman–Crippen LogP) is 5.35. The molecular weight excluding hydrogens is 414 g/mol. The second kappa shape index (κ2) is 6.35. The standard InChI is InChI=1S/C21H17BrF2N2O/c1-20(23,24)14-4-6-15(7-5-14)21(11-10-13-2-3-13)17-9-8-16(22)12-18(17)25-19(27)26-21/h4-9,12-13H,2-3H2,1H3,(H2,25,26,27)/t21-/m0/s1. The van der Waals surface area contributed by atoms with E-state index >= 15 is 0 Å². The van der Waals surface area contributed by atoms with Crippen molar-refractivity contribution in [2.75, 3.05) is 5.32 Å². The maximum Gasteiger partial charge on any atom is 0.320 e. The first-order chi connectivity index (χ1) is 12.8. The van der Waals surface area contributed by atoms with E-state index in [2.05, 4.69) is 38.4 Å². The molecule has 0 unspecified atom stereocenters. The number of hydrogen-bond acceptors (Lipinski definition) is 1. The number of anilines is 1. The molecule has 1 aliphatic carbocycles. The summed E-state index contributed by atoms with van der Waals surface area (Å²) in [5, 5.41) is 5.73. The van der Waals surface area contributed by atoms with E-state index in [1.807, 2.05) is 18.2 Å². The number of carbonyl (C=O) groups is 1. The normalized spacial score (nSPS) is 21.4. The molecule has 0 radical (unpaired) electrons. The summed E-state index contributed by atoms with van der Waals surface area (Å²) in [5.74, 6) is 3.89. The fourth-order valence-corrected chi connectivity index (χ4v) is 3.55. The number of benzene rings is 2. The molecule has 2 aliphatic rings. The predicted molar refractivity (Wildman–Crippen MR) is 104 cm³/mol. The average molecular weight is 431 g/mol. The van der Waals surface area contributed by atoms with Gasteiger partial charge in [-0.1, -0.05) is 58.1 Å². The number of alkyl halides is 2. The lowest BCUT2D eigenvalue weighted by Gasteiger charge is -2.36. The third-order valence-corrected chi connectivity index (χ3v) is 5.29. The summed E-state index contributed by atoms with van der Waals surface area (Å²) >= 11 is 3.42. The van der Waals surface area contributed by atoms with Gasteiger partial charge in [0.1, 0.15) is 0 Å². The number of carbonyl (C=O) groups excluding carboxylic acids is 1. The summed E-state index contributed by atoms with van der Waals surface area (Å²) in [6, 6.07) is 11.2. The van der Waals surface area contributed by atoms with Crippen molar-refractivity contribution in [3.05, 3.63) is 63.6 Å². The Kier molecular flexibility index (Phi) is 4.23. The summed E-state index contributed by atoms with van der Waals surface area (Å²) in [6.45, 7) is 0.865. The molecule has 0 aromatic heterocycles. The van der Waals surface area contributed by atoms with Crippen LogP contribution < -0.4 is 10.6 Å². The second-order valence-corrected chi connectivity index (χ2v) is 7.94. The third kappa shape index (κ3) is 3.44. The molecule has 1 heterocycles. The van der Waals surface area contributed by atoms with Gasteiger partial charge >= 0.3 is 6.03 Å². The van der Waals surface area contributed by atoms with Gasteiger partial charge in [-0.25, -0.2) is 13.6 Å². The van der Waals surface area contributed by atoms with Gasteiger partial charge in [0.15, 0.2) is 5.54 Å². The number of hydrogen-bond donors (Lipinski definition) is 2. The molecule has 0 bridgehead atoms. The molecule has 1 atom stereocenters. The highest BCUT2D eigenvalue weighted by atomic mass is 79.9. The Morgan fingerprint density at radius 2 is 1.89 bits per heavy atom. The van der Waals surface area contributed by atoms with Crippen LogP contribution in [0, 0.1) is 17.8 Å². The minimum atomic E-state index is -2.93. The minimum absolute atomic E-state index is 0.0761. The van der Waals surface area contributed by atoms with Crippen LogP contribution >= 0.6 is 15.9 Å². The van der Waals surface area contributed by atoms with Gasteiger partial charge in [0.05, 0.1) is 5.69 Å². The molecule has 2 N–H and O–H groups in total. The molecule has 1 saturated carbocycles. The Hall–Kier alpha value is -2.39. The second-order valence-electron chi connectivity index (χ2n) is 7.03. The first-order valence-corrected chi connectivity index (χ1v) is 9.48. The highest BCUT2D eigenvalue weighted by Gasteiger charge is 2.41. The van der Waals surface area contributed by atoms with Gasteiger partial charge < -0.3 is 10.6 Å². The Morgan fingerprint density at radius 3 is 2.52 bits per heavy atom. The van der Waals surface area contributed by atoms with Crippen molar-refractivity contribution in [2.45, 2.75) is 31.2 Å². The van der Waals surface area contributed by atoms with Crippen LogP contribution in [0.5, 0.6) is 0 Å². The third-order valence-electron chi connectivity index (χ3n) is 4.80. The maximum atomic E-state index is 13.6. The van der Waals surface area contributed by atoms with E-state index in [4.69, 9.17) is 0 Å².